The van der Waals surface area contributed by atoms with Crippen LogP contribution in [-0.2, 0) is 4.79 Å². The molecule has 0 N–H and O–H groups in total. The number of hydrogen-bond donors (Lipinski definition) is 0. The summed E-state index contributed by atoms with van der Waals surface area (Å²) in [6.45, 7) is 3.05. The molecule has 5 heteroatoms. The topological polar surface area (TPSA) is 61.2 Å². The van der Waals surface area contributed by atoms with E-state index in [1.165, 1.54) is 17.6 Å². The van der Waals surface area contributed by atoms with Gasteiger partial charge in [-0.3, -0.25) is 9.59 Å². The van der Waals surface area contributed by atoms with Crippen molar-refractivity contribution in [2.75, 3.05) is 0 Å². The minimum atomic E-state index is -0.478. The summed E-state index contributed by atoms with van der Waals surface area (Å²) in [5.41, 5.74) is 0.394. The molecule has 92 valence electrons. The van der Waals surface area contributed by atoms with Gasteiger partial charge in [-0.1, -0.05) is 6.07 Å². The molecule has 0 spiro atoms. The zero-order valence-corrected chi connectivity index (χ0v) is 10.1. The highest BCUT2D eigenvalue weighted by molar-refractivity contribution is 5.69. The predicted molar refractivity (Wildman–Crippen MR) is 65.9 cm³/mol. The van der Waals surface area contributed by atoms with Crippen LogP contribution in [-0.4, -0.2) is 15.5 Å². The third kappa shape index (κ3) is 2.29. The first kappa shape index (κ1) is 12.0. The Balaban J connectivity index is 2.69. The molecule has 2 heterocycles. The van der Waals surface area contributed by atoms with E-state index in [0.29, 0.717) is 11.4 Å². The number of carbonyl (C=O) groups is 1. The van der Waals surface area contributed by atoms with E-state index in [1.54, 1.807) is 37.4 Å². The monoisotopic (exact) mass is 244 g/mol. The van der Waals surface area contributed by atoms with Gasteiger partial charge in [-0.15, -0.1) is 0 Å². The van der Waals surface area contributed by atoms with Crippen LogP contribution in [0.2, 0.25) is 0 Å². The molecule has 0 saturated carbocycles. The predicted octanol–water partition coefficient (Wildman–Crippen LogP) is 1.47. The molecule has 2 aromatic rings. The number of rotatable bonds is 2. The number of nitrogens with zero attached hydrogens (tertiary/aromatic N) is 2. The molecule has 5 nitrogen and oxygen atoms in total. The zero-order valence-electron chi connectivity index (χ0n) is 10.1. The molecule has 0 amide bonds. The Morgan fingerprint density at radius 2 is 2.06 bits per heavy atom. The van der Waals surface area contributed by atoms with Gasteiger partial charge >= 0.3 is 5.97 Å². The smallest absolute Gasteiger partial charge is 0.309 e. The van der Waals surface area contributed by atoms with Crippen LogP contribution >= 0.6 is 0 Å². The summed E-state index contributed by atoms with van der Waals surface area (Å²) in [4.78, 5) is 27.1. The van der Waals surface area contributed by atoms with Gasteiger partial charge in [0.1, 0.15) is 5.82 Å². The first-order valence-corrected chi connectivity index (χ1v) is 5.42. The second-order valence-corrected chi connectivity index (χ2v) is 3.78. The highest BCUT2D eigenvalue weighted by Gasteiger charge is 2.13. The number of aromatic nitrogens is 2. The molecule has 0 fully saturated rings. The van der Waals surface area contributed by atoms with Crippen LogP contribution in [0.15, 0.2) is 41.3 Å². The Labute approximate surface area is 104 Å². The van der Waals surface area contributed by atoms with Crippen molar-refractivity contribution in [3.63, 3.8) is 0 Å². The molecular weight excluding hydrogens is 232 g/mol. The molecule has 0 bridgehead atoms. The quantitative estimate of drug-likeness (QED) is 0.750. The first-order chi connectivity index (χ1) is 8.59. The molecule has 0 aliphatic carbocycles. The van der Waals surface area contributed by atoms with Crippen LogP contribution in [0, 0.1) is 6.92 Å². The molecule has 0 radical (unpaired) electrons. The van der Waals surface area contributed by atoms with Gasteiger partial charge in [-0.05, 0) is 25.1 Å². The Morgan fingerprint density at radius 3 is 2.67 bits per heavy atom. The van der Waals surface area contributed by atoms with E-state index in [2.05, 4.69) is 4.98 Å². The number of hydrogen-bond acceptors (Lipinski definition) is 4. The number of aryl methyl sites for hydroxylation is 1. The van der Waals surface area contributed by atoms with E-state index in [9.17, 15) is 9.59 Å². The molecule has 0 saturated heterocycles. The number of esters is 1. The maximum Gasteiger partial charge on any atom is 0.309 e. The fraction of sp³-hybridized carbons (Fsp3) is 0.154. The van der Waals surface area contributed by atoms with Crippen molar-refractivity contribution in [3.05, 3.63) is 52.4 Å². The minimum absolute atomic E-state index is 0.203. The molecule has 2 aromatic heterocycles. The Kier molecular flexibility index (Phi) is 3.23. The SMILES string of the molecule is CC(=O)Oc1c(C)ccc(=O)n1-c1ccccn1. The standard InChI is InChI=1S/C13H12N2O3/c1-9-6-7-12(17)15(13(9)18-10(2)16)11-5-3-4-8-14-11/h3-8H,1-2H3. The van der Waals surface area contributed by atoms with Gasteiger partial charge in [0.15, 0.2) is 0 Å². The van der Waals surface area contributed by atoms with Crippen LogP contribution in [0.25, 0.3) is 5.82 Å². The van der Waals surface area contributed by atoms with Gasteiger partial charge in [0.25, 0.3) is 5.56 Å². The second-order valence-electron chi connectivity index (χ2n) is 3.78. The van der Waals surface area contributed by atoms with Crippen molar-refractivity contribution in [3.8, 4) is 11.7 Å². The van der Waals surface area contributed by atoms with Gasteiger partial charge in [-0.25, -0.2) is 9.55 Å². The van der Waals surface area contributed by atoms with Crippen molar-refractivity contribution in [2.24, 2.45) is 0 Å². The fourth-order valence-corrected chi connectivity index (χ4v) is 1.58. The van der Waals surface area contributed by atoms with Gasteiger partial charge < -0.3 is 4.74 Å². The van der Waals surface area contributed by atoms with Crippen LogP contribution in [0.1, 0.15) is 12.5 Å². The maximum atomic E-state index is 11.9. The fourth-order valence-electron chi connectivity index (χ4n) is 1.58. The number of carbonyl (C=O) groups excluding carboxylic acids is 1. The van der Waals surface area contributed by atoms with Gasteiger partial charge in [0.05, 0.1) is 0 Å². The van der Waals surface area contributed by atoms with E-state index in [0.717, 1.165) is 0 Å². The van der Waals surface area contributed by atoms with E-state index >= 15 is 0 Å². The summed E-state index contributed by atoms with van der Waals surface area (Å²) >= 11 is 0. The third-order valence-electron chi connectivity index (χ3n) is 2.36. The van der Waals surface area contributed by atoms with Crippen LogP contribution in [0.3, 0.4) is 0 Å². The first-order valence-electron chi connectivity index (χ1n) is 5.42. The second kappa shape index (κ2) is 4.83. The Hall–Kier alpha value is -2.43. The molecule has 18 heavy (non-hydrogen) atoms. The zero-order chi connectivity index (χ0) is 13.1. The highest BCUT2D eigenvalue weighted by Crippen LogP contribution is 2.18. The van der Waals surface area contributed by atoms with Crippen molar-refractivity contribution < 1.29 is 9.53 Å². The molecule has 2 rings (SSSR count). The Bertz CT molecular complexity index is 632. The maximum absolute atomic E-state index is 11.9. The molecule has 0 unspecified atom stereocenters. The lowest BCUT2D eigenvalue weighted by atomic mass is 10.3. The molecular formula is C13H12N2O3. The molecule has 0 aromatic carbocycles. The lowest BCUT2D eigenvalue weighted by Gasteiger charge is -2.12. The summed E-state index contributed by atoms with van der Waals surface area (Å²) in [7, 11) is 0. The summed E-state index contributed by atoms with van der Waals surface area (Å²) in [6, 6.07) is 8.20. The van der Waals surface area contributed by atoms with Crippen molar-refractivity contribution in [1.29, 1.82) is 0 Å². The summed E-state index contributed by atoms with van der Waals surface area (Å²) < 4.78 is 6.37. The van der Waals surface area contributed by atoms with Crippen molar-refractivity contribution in [1.82, 2.24) is 9.55 Å². The van der Waals surface area contributed by atoms with Gasteiger partial charge in [0.2, 0.25) is 5.88 Å². The van der Waals surface area contributed by atoms with Crippen LogP contribution < -0.4 is 10.3 Å². The van der Waals surface area contributed by atoms with E-state index < -0.39 is 5.97 Å². The van der Waals surface area contributed by atoms with E-state index in [4.69, 9.17) is 4.74 Å². The van der Waals surface area contributed by atoms with Gasteiger partial charge in [0, 0.05) is 24.8 Å². The average molecular weight is 244 g/mol. The summed E-state index contributed by atoms with van der Waals surface area (Å²) in [6.07, 6.45) is 1.57. The largest absolute Gasteiger partial charge is 0.409 e. The van der Waals surface area contributed by atoms with Gasteiger partial charge in [-0.2, -0.15) is 0 Å². The summed E-state index contributed by atoms with van der Waals surface area (Å²) in [5.74, 6) is 0.143. The van der Waals surface area contributed by atoms with E-state index in [1.807, 2.05) is 0 Å². The Morgan fingerprint density at radius 1 is 1.28 bits per heavy atom. The molecule has 0 aliphatic rings. The van der Waals surface area contributed by atoms with Crippen LogP contribution in [0.4, 0.5) is 0 Å². The number of pyridine rings is 2. The third-order valence-corrected chi connectivity index (χ3v) is 2.36. The van der Waals surface area contributed by atoms with Crippen molar-refractivity contribution >= 4 is 5.97 Å². The summed E-state index contributed by atoms with van der Waals surface area (Å²) in [5, 5.41) is 0. The van der Waals surface area contributed by atoms with Crippen molar-refractivity contribution in [2.45, 2.75) is 13.8 Å². The minimum Gasteiger partial charge on any atom is -0.409 e. The van der Waals surface area contributed by atoms with E-state index in [-0.39, 0.29) is 11.4 Å². The highest BCUT2D eigenvalue weighted by atomic mass is 16.5. The molecule has 0 atom stereocenters. The normalized spacial score (nSPS) is 10.1. The lowest BCUT2D eigenvalue weighted by Crippen LogP contribution is -2.22. The average Bonchev–Trinajstić information content (AvgIpc) is 2.35. The van der Waals surface area contributed by atoms with Crippen LogP contribution in [0.5, 0.6) is 5.88 Å². The lowest BCUT2D eigenvalue weighted by molar-refractivity contribution is -0.132. The molecule has 0 aliphatic heterocycles. The number of ether oxygens (including phenoxy) is 1.